The number of nitrogen functional groups attached to an aromatic ring is 1. The van der Waals surface area contributed by atoms with Crippen LogP contribution in [0.25, 0.3) is 0 Å². The fourth-order valence-corrected chi connectivity index (χ4v) is 2.53. The first kappa shape index (κ1) is 12.5. The average Bonchev–Trinajstić information content (AvgIpc) is 2.72. The number of hydrogen-bond donors (Lipinski definition) is 1. The zero-order valence-corrected chi connectivity index (χ0v) is 11.1. The van der Waals surface area contributed by atoms with Crippen LogP contribution in [0.1, 0.15) is 12.8 Å². The van der Waals surface area contributed by atoms with E-state index in [4.69, 9.17) is 10.5 Å². The second kappa shape index (κ2) is 4.56. The van der Waals surface area contributed by atoms with Gasteiger partial charge in [-0.3, -0.25) is 9.69 Å². The Morgan fingerprint density at radius 1 is 1.30 bits per heavy atom. The highest BCUT2D eigenvalue weighted by Crippen LogP contribution is 2.36. The van der Waals surface area contributed by atoms with E-state index in [1.165, 1.54) is 12.0 Å². The summed E-state index contributed by atoms with van der Waals surface area (Å²) in [6.07, 6.45) is 3.50. The SMILES string of the molecule is COc1cc(N)ccc1N1C(=O)C2=CCCCN2C1=O. The Balaban J connectivity index is 2.07. The molecule has 0 saturated carbocycles. The molecule has 1 fully saturated rings. The van der Waals surface area contributed by atoms with E-state index < -0.39 is 0 Å². The first-order valence-electron chi connectivity index (χ1n) is 6.43. The quantitative estimate of drug-likeness (QED) is 0.657. The molecule has 0 atom stereocenters. The molecule has 0 radical (unpaired) electrons. The molecule has 0 unspecified atom stereocenters. The summed E-state index contributed by atoms with van der Waals surface area (Å²) in [4.78, 5) is 27.5. The van der Waals surface area contributed by atoms with Gasteiger partial charge in [-0.05, 0) is 25.0 Å². The summed E-state index contributed by atoms with van der Waals surface area (Å²) in [5.41, 5.74) is 7.09. The van der Waals surface area contributed by atoms with Crippen molar-refractivity contribution in [1.82, 2.24) is 4.90 Å². The predicted octanol–water partition coefficient (Wildman–Crippen LogP) is 1.72. The molecule has 6 nitrogen and oxygen atoms in total. The lowest BCUT2D eigenvalue weighted by molar-refractivity contribution is -0.114. The summed E-state index contributed by atoms with van der Waals surface area (Å²) in [5.74, 6) is 0.102. The minimum Gasteiger partial charge on any atom is -0.494 e. The molecule has 104 valence electrons. The van der Waals surface area contributed by atoms with E-state index in [9.17, 15) is 9.59 Å². The Hall–Kier alpha value is -2.50. The normalized spacial score (nSPS) is 18.1. The van der Waals surface area contributed by atoms with Gasteiger partial charge in [-0.2, -0.15) is 0 Å². The van der Waals surface area contributed by atoms with Crippen LogP contribution >= 0.6 is 0 Å². The highest BCUT2D eigenvalue weighted by atomic mass is 16.5. The van der Waals surface area contributed by atoms with E-state index in [2.05, 4.69) is 0 Å². The number of imide groups is 1. The molecule has 2 N–H and O–H groups in total. The number of nitrogens with zero attached hydrogens (tertiary/aromatic N) is 2. The molecule has 1 aromatic rings. The van der Waals surface area contributed by atoms with Crippen molar-refractivity contribution in [1.29, 1.82) is 0 Å². The summed E-state index contributed by atoms with van der Waals surface area (Å²) in [7, 11) is 1.48. The number of rotatable bonds is 2. The van der Waals surface area contributed by atoms with Gasteiger partial charge in [-0.25, -0.2) is 9.69 Å². The number of amides is 3. The first-order chi connectivity index (χ1) is 9.63. The molecule has 3 amide bonds. The standard InChI is InChI=1S/C14H15N3O3/c1-20-12-8-9(15)5-6-10(12)17-13(18)11-4-2-3-7-16(11)14(17)19/h4-6,8H,2-3,7,15H2,1H3. The van der Waals surface area contributed by atoms with Crippen molar-refractivity contribution in [2.75, 3.05) is 24.3 Å². The van der Waals surface area contributed by atoms with Gasteiger partial charge in [0.05, 0.1) is 12.8 Å². The Morgan fingerprint density at radius 3 is 2.80 bits per heavy atom. The smallest absolute Gasteiger partial charge is 0.336 e. The molecule has 0 spiro atoms. The number of fused-ring (bicyclic) bond motifs is 1. The summed E-state index contributed by atoms with van der Waals surface area (Å²) in [6, 6.07) is 4.54. The molecule has 2 aliphatic heterocycles. The number of carbonyl (C=O) groups is 2. The average molecular weight is 273 g/mol. The van der Waals surface area contributed by atoms with Crippen LogP contribution in [0, 0.1) is 0 Å². The molecule has 0 aliphatic carbocycles. The maximum atomic E-state index is 12.4. The van der Waals surface area contributed by atoms with Gasteiger partial charge in [0.15, 0.2) is 0 Å². The lowest BCUT2D eigenvalue weighted by Crippen LogP contribution is -2.34. The first-order valence-corrected chi connectivity index (χ1v) is 6.43. The van der Waals surface area contributed by atoms with E-state index >= 15 is 0 Å². The number of nitrogens with two attached hydrogens (primary N) is 1. The minimum atomic E-state index is -0.330. The third-order valence-corrected chi connectivity index (χ3v) is 3.50. The number of hydrogen-bond acceptors (Lipinski definition) is 4. The van der Waals surface area contributed by atoms with Crippen LogP contribution in [0.5, 0.6) is 5.75 Å². The fraction of sp³-hybridized carbons (Fsp3) is 0.286. The maximum Gasteiger partial charge on any atom is 0.336 e. The predicted molar refractivity (Wildman–Crippen MR) is 74.3 cm³/mol. The van der Waals surface area contributed by atoms with Crippen molar-refractivity contribution < 1.29 is 14.3 Å². The lowest BCUT2D eigenvalue weighted by Gasteiger charge is -2.20. The van der Waals surface area contributed by atoms with Crippen molar-refractivity contribution in [3.8, 4) is 5.75 Å². The van der Waals surface area contributed by atoms with Gasteiger partial charge in [0.1, 0.15) is 11.4 Å². The van der Waals surface area contributed by atoms with Gasteiger partial charge in [0, 0.05) is 18.3 Å². The third-order valence-electron chi connectivity index (χ3n) is 3.50. The second-order valence-electron chi connectivity index (χ2n) is 4.74. The van der Waals surface area contributed by atoms with Gasteiger partial charge in [-0.15, -0.1) is 0 Å². The Bertz CT molecular complexity index is 624. The molecule has 2 aliphatic rings. The van der Waals surface area contributed by atoms with E-state index in [0.29, 0.717) is 29.4 Å². The molecular weight excluding hydrogens is 258 g/mol. The largest absolute Gasteiger partial charge is 0.494 e. The summed E-state index contributed by atoms with van der Waals surface area (Å²) in [5, 5.41) is 0. The van der Waals surface area contributed by atoms with Crippen LogP contribution in [0.2, 0.25) is 0 Å². The van der Waals surface area contributed by atoms with Gasteiger partial charge in [0.25, 0.3) is 5.91 Å². The van der Waals surface area contributed by atoms with Crippen molar-refractivity contribution >= 4 is 23.3 Å². The number of allylic oxidation sites excluding steroid dienone is 1. The third kappa shape index (κ3) is 1.72. The second-order valence-corrected chi connectivity index (χ2v) is 4.74. The minimum absolute atomic E-state index is 0.308. The van der Waals surface area contributed by atoms with Gasteiger partial charge in [-0.1, -0.05) is 6.08 Å². The fourth-order valence-electron chi connectivity index (χ4n) is 2.53. The Kier molecular flexibility index (Phi) is 2.85. The number of benzene rings is 1. The van der Waals surface area contributed by atoms with Crippen molar-refractivity contribution in [2.24, 2.45) is 0 Å². The molecular formula is C14H15N3O3. The zero-order valence-electron chi connectivity index (χ0n) is 11.1. The Labute approximate surface area is 116 Å². The topological polar surface area (TPSA) is 75.9 Å². The molecule has 6 heteroatoms. The van der Waals surface area contributed by atoms with Crippen LogP contribution in [0.4, 0.5) is 16.2 Å². The molecule has 2 heterocycles. The highest BCUT2D eigenvalue weighted by molar-refractivity contribution is 6.27. The van der Waals surface area contributed by atoms with E-state index in [-0.39, 0.29) is 11.9 Å². The van der Waals surface area contributed by atoms with Crippen molar-refractivity contribution in [3.63, 3.8) is 0 Å². The van der Waals surface area contributed by atoms with Gasteiger partial charge < -0.3 is 10.5 Å². The van der Waals surface area contributed by atoms with Gasteiger partial charge >= 0.3 is 6.03 Å². The van der Waals surface area contributed by atoms with Crippen molar-refractivity contribution in [3.05, 3.63) is 30.0 Å². The number of anilines is 2. The summed E-state index contributed by atoms with van der Waals surface area (Å²) < 4.78 is 5.22. The molecule has 0 aromatic heterocycles. The number of ether oxygens (including phenoxy) is 1. The molecule has 1 saturated heterocycles. The van der Waals surface area contributed by atoms with Crippen LogP contribution in [0.15, 0.2) is 30.0 Å². The van der Waals surface area contributed by atoms with Gasteiger partial charge in [0.2, 0.25) is 0 Å². The van der Waals surface area contributed by atoms with Crippen molar-refractivity contribution in [2.45, 2.75) is 12.8 Å². The van der Waals surface area contributed by atoms with Crippen LogP contribution < -0.4 is 15.4 Å². The van der Waals surface area contributed by atoms with Crippen LogP contribution in [0.3, 0.4) is 0 Å². The van der Waals surface area contributed by atoms with E-state index in [0.717, 1.165) is 17.7 Å². The monoisotopic (exact) mass is 273 g/mol. The number of urea groups is 1. The summed E-state index contributed by atoms with van der Waals surface area (Å²) in [6.45, 7) is 0.574. The Morgan fingerprint density at radius 2 is 2.10 bits per heavy atom. The highest BCUT2D eigenvalue weighted by Gasteiger charge is 2.43. The molecule has 1 aromatic carbocycles. The van der Waals surface area contributed by atoms with Crippen LogP contribution in [-0.4, -0.2) is 30.5 Å². The number of carbonyl (C=O) groups excluding carboxylic acids is 2. The molecule has 0 bridgehead atoms. The molecule has 3 rings (SSSR count). The molecule has 20 heavy (non-hydrogen) atoms. The zero-order chi connectivity index (χ0) is 14.3. The number of methoxy groups -OCH3 is 1. The van der Waals surface area contributed by atoms with E-state index in [1.807, 2.05) is 6.08 Å². The maximum absolute atomic E-state index is 12.4. The van der Waals surface area contributed by atoms with Crippen LogP contribution in [-0.2, 0) is 4.79 Å². The summed E-state index contributed by atoms with van der Waals surface area (Å²) >= 11 is 0. The lowest BCUT2D eigenvalue weighted by atomic mass is 10.2. The van der Waals surface area contributed by atoms with E-state index in [1.54, 1.807) is 18.2 Å².